The zero-order chi connectivity index (χ0) is 15.2. The van der Waals surface area contributed by atoms with Gasteiger partial charge >= 0.3 is 0 Å². The van der Waals surface area contributed by atoms with Crippen LogP contribution in [0, 0.1) is 0 Å². The molecule has 0 spiro atoms. The highest BCUT2D eigenvalue weighted by Crippen LogP contribution is 2.25. The third kappa shape index (κ3) is 4.65. The van der Waals surface area contributed by atoms with Crippen LogP contribution < -0.4 is 15.4 Å². The molecule has 1 aliphatic carbocycles. The van der Waals surface area contributed by atoms with Crippen LogP contribution in [0.5, 0.6) is 5.75 Å². The van der Waals surface area contributed by atoms with Gasteiger partial charge in [-0.1, -0.05) is 0 Å². The average molecular weight is 320 g/mol. The Bertz CT molecular complexity index is 480. The molecule has 1 unspecified atom stereocenters. The lowest BCUT2D eigenvalue weighted by atomic mass is 10.2. The number of ether oxygens (including phenoxy) is 1. The summed E-state index contributed by atoms with van der Waals surface area (Å²) in [5.74, 6) is 3.13. The molecule has 4 nitrogen and oxygen atoms in total. The Morgan fingerprint density at radius 2 is 2.05 bits per heavy atom. The summed E-state index contributed by atoms with van der Waals surface area (Å²) in [6.45, 7) is 0.996. The number of benzene rings is 1. The maximum atomic E-state index is 12.1. The van der Waals surface area contributed by atoms with Crippen molar-refractivity contribution in [1.82, 2.24) is 5.32 Å². The van der Waals surface area contributed by atoms with Crippen molar-refractivity contribution in [3.05, 3.63) is 24.3 Å². The summed E-state index contributed by atoms with van der Waals surface area (Å²) >= 11 is 1.91. The number of amides is 1. The Kier molecular flexibility index (Phi) is 5.62. The Morgan fingerprint density at radius 3 is 2.73 bits per heavy atom. The number of hydrogen-bond acceptors (Lipinski definition) is 4. The number of thioether (sulfide) groups is 1. The SMILES string of the molecule is O=C(CC1CSCCN1)Nc1ccc(OC2CCCC2)cc1. The van der Waals surface area contributed by atoms with Gasteiger partial charge in [0.15, 0.2) is 0 Å². The standard InChI is InChI=1S/C17H24N2O2S/c20-17(11-14-12-22-10-9-18-14)19-13-5-7-16(8-6-13)21-15-3-1-2-4-15/h5-8,14-15,18H,1-4,9-12H2,(H,19,20). The lowest BCUT2D eigenvalue weighted by Crippen LogP contribution is -2.39. The first-order valence-electron chi connectivity index (χ1n) is 8.17. The number of nitrogens with one attached hydrogen (secondary N) is 2. The predicted octanol–water partition coefficient (Wildman–Crippen LogP) is 3.04. The van der Waals surface area contributed by atoms with Crippen molar-refractivity contribution >= 4 is 23.4 Å². The van der Waals surface area contributed by atoms with Crippen molar-refractivity contribution in [3.8, 4) is 5.75 Å². The molecule has 1 amide bonds. The van der Waals surface area contributed by atoms with E-state index in [9.17, 15) is 4.79 Å². The van der Waals surface area contributed by atoms with E-state index in [-0.39, 0.29) is 5.91 Å². The van der Waals surface area contributed by atoms with Gasteiger partial charge in [-0.2, -0.15) is 11.8 Å². The van der Waals surface area contributed by atoms with Crippen LogP contribution in [0.3, 0.4) is 0 Å². The van der Waals surface area contributed by atoms with Crippen LogP contribution >= 0.6 is 11.8 Å². The quantitative estimate of drug-likeness (QED) is 0.875. The van der Waals surface area contributed by atoms with Gasteiger partial charge in [-0.05, 0) is 49.9 Å². The maximum absolute atomic E-state index is 12.1. The molecular weight excluding hydrogens is 296 g/mol. The highest BCUT2D eigenvalue weighted by atomic mass is 32.2. The molecule has 1 heterocycles. The molecule has 0 aromatic heterocycles. The first-order valence-corrected chi connectivity index (χ1v) is 9.33. The van der Waals surface area contributed by atoms with Crippen molar-refractivity contribution in [1.29, 1.82) is 0 Å². The summed E-state index contributed by atoms with van der Waals surface area (Å²) in [4.78, 5) is 12.1. The van der Waals surface area contributed by atoms with E-state index >= 15 is 0 Å². The Balaban J connectivity index is 1.46. The van der Waals surface area contributed by atoms with E-state index in [4.69, 9.17) is 4.74 Å². The second kappa shape index (κ2) is 7.88. The van der Waals surface area contributed by atoms with E-state index in [0.717, 1.165) is 42.3 Å². The van der Waals surface area contributed by atoms with Gasteiger partial charge in [0.25, 0.3) is 0 Å². The van der Waals surface area contributed by atoms with E-state index in [2.05, 4.69) is 10.6 Å². The van der Waals surface area contributed by atoms with Crippen LogP contribution in [0.1, 0.15) is 32.1 Å². The third-order valence-electron chi connectivity index (χ3n) is 4.17. The maximum Gasteiger partial charge on any atom is 0.225 e. The van der Waals surface area contributed by atoms with E-state index in [0.29, 0.717) is 18.6 Å². The van der Waals surface area contributed by atoms with Gasteiger partial charge < -0.3 is 15.4 Å². The van der Waals surface area contributed by atoms with Crippen LogP contribution in [0.4, 0.5) is 5.69 Å². The smallest absolute Gasteiger partial charge is 0.225 e. The van der Waals surface area contributed by atoms with Crippen LogP contribution in [0.25, 0.3) is 0 Å². The molecule has 2 fully saturated rings. The molecule has 3 rings (SSSR count). The Hall–Kier alpha value is -1.20. The van der Waals surface area contributed by atoms with Gasteiger partial charge in [0.1, 0.15) is 5.75 Å². The molecule has 1 aliphatic heterocycles. The molecule has 0 bridgehead atoms. The van der Waals surface area contributed by atoms with E-state index in [1.54, 1.807) is 0 Å². The summed E-state index contributed by atoms with van der Waals surface area (Å²) in [6, 6.07) is 8.03. The summed E-state index contributed by atoms with van der Waals surface area (Å²) in [6.07, 6.45) is 5.76. The van der Waals surface area contributed by atoms with Gasteiger partial charge in [-0.3, -0.25) is 4.79 Å². The van der Waals surface area contributed by atoms with E-state index in [1.165, 1.54) is 12.8 Å². The van der Waals surface area contributed by atoms with Crippen molar-refractivity contribution in [2.75, 3.05) is 23.4 Å². The first-order chi connectivity index (χ1) is 10.8. The Labute approximate surface area is 136 Å². The fourth-order valence-corrected chi connectivity index (χ4v) is 3.95. The van der Waals surface area contributed by atoms with Gasteiger partial charge in [0, 0.05) is 36.2 Å². The van der Waals surface area contributed by atoms with Crippen molar-refractivity contribution < 1.29 is 9.53 Å². The summed E-state index contributed by atoms with van der Waals surface area (Å²) < 4.78 is 5.93. The predicted molar refractivity (Wildman–Crippen MR) is 91.7 cm³/mol. The van der Waals surface area contributed by atoms with Crippen molar-refractivity contribution in [2.45, 2.75) is 44.2 Å². The lowest BCUT2D eigenvalue weighted by molar-refractivity contribution is -0.116. The molecule has 1 atom stereocenters. The second-order valence-corrected chi connectivity index (χ2v) is 7.18. The second-order valence-electron chi connectivity index (χ2n) is 6.03. The lowest BCUT2D eigenvalue weighted by Gasteiger charge is -2.22. The monoisotopic (exact) mass is 320 g/mol. The van der Waals surface area contributed by atoms with Gasteiger partial charge in [0.05, 0.1) is 6.10 Å². The molecule has 1 aromatic carbocycles. The highest BCUT2D eigenvalue weighted by Gasteiger charge is 2.17. The fraction of sp³-hybridized carbons (Fsp3) is 0.588. The molecule has 2 N–H and O–H groups in total. The molecule has 5 heteroatoms. The highest BCUT2D eigenvalue weighted by molar-refractivity contribution is 7.99. The summed E-state index contributed by atoms with van der Waals surface area (Å²) in [7, 11) is 0. The van der Waals surface area contributed by atoms with Crippen LogP contribution in [0.2, 0.25) is 0 Å². The largest absolute Gasteiger partial charge is 0.490 e. The van der Waals surface area contributed by atoms with Gasteiger partial charge in [-0.25, -0.2) is 0 Å². The zero-order valence-electron chi connectivity index (χ0n) is 12.8. The molecule has 1 saturated carbocycles. The topological polar surface area (TPSA) is 50.4 Å². The minimum absolute atomic E-state index is 0.0736. The van der Waals surface area contributed by atoms with Crippen LogP contribution in [-0.2, 0) is 4.79 Å². The molecule has 2 aliphatic rings. The van der Waals surface area contributed by atoms with Crippen molar-refractivity contribution in [3.63, 3.8) is 0 Å². The molecule has 22 heavy (non-hydrogen) atoms. The van der Waals surface area contributed by atoms with E-state index < -0.39 is 0 Å². The fourth-order valence-electron chi connectivity index (χ4n) is 3.00. The number of anilines is 1. The number of carbonyl (C=O) groups is 1. The number of hydrogen-bond donors (Lipinski definition) is 2. The summed E-state index contributed by atoms with van der Waals surface area (Å²) in [5.41, 5.74) is 0.840. The molecule has 0 radical (unpaired) electrons. The van der Waals surface area contributed by atoms with E-state index in [1.807, 2.05) is 36.0 Å². The average Bonchev–Trinajstić information content (AvgIpc) is 3.03. The molecular formula is C17H24N2O2S. The Morgan fingerprint density at radius 1 is 1.27 bits per heavy atom. The third-order valence-corrected chi connectivity index (χ3v) is 5.30. The molecule has 1 aromatic rings. The van der Waals surface area contributed by atoms with Gasteiger partial charge in [0.2, 0.25) is 5.91 Å². The molecule has 120 valence electrons. The minimum atomic E-state index is 0.0736. The van der Waals surface area contributed by atoms with Crippen molar-refractivity contribution in [2.24, 2.45) is 0 Å². The van der Waals surface area contributed by atoms with Gasteiger partial charge in [-0.15, -0.1) is 0 Å². The first kappa shape index (κ1) is 15.7. The van der Waals surface area contributed by atoms with Crippen LogP contribution in [-0.4, -0.2) is 36.1 Å². The number of carbonyl (C=O) groups excluding carboxylic acids is 1. The molecule has 1 saturated heterocycles. The van der Waals surface area contributed by atoms with Crippen LogP contribution in [0.15, 0.2) is 24.3 Å². The normalized spacial score (nSPS) is 22.5. The zero-order valence-corrected chi connectivity index (χ0v) is 13.7. The minimum Gasteiger partial charge on any atom is -0.490 e. The summed E-state index contributed by atoms with van der Waals surface area (Å²) in [5, 5.41) is 6.35. The number of rotatable bonds is 5.